The minimum atomic E-state index is 0.436. The first kappa shape index (κ1) is 12.5. The van der Waals surface area contributed by atoms with Gasteiger partial charge in [0.05, 0.1) is 17.1 Å². The van der Waals surface area contributed by atoms with Crippen LogP contribution in [0.25, 0.3) is 11.0 Å². The molecule has 3 nitrogen and oxygen atoms in total. The number of aryl methyl sites for hydroxylation is 1. The lowest BCUT2D eigenvalue weighted by atomic mass is 10.0. The normalized spacial score (nSPS) is 18.5. The van der Waals surface area contributed by atoms with Crippen LogP contribution in [0.2, 0.25) is 0 Å². The molecule has 1 atom stereocenters. The lowest BCUT2D eigenvalue weighted by Crippen LogP contribution is -2.23. The van der Waals surface area contributed by atoms with Crippen molar-refractivity contribution in [2.24, 2.45) is 0 Å². The molecule has 0 bridgehead atoms. The van der Waals surface area contributed by atoms with Crippen molar-refractivity contribution in [1.82, 2.24) is 9.97 Å². The Balaban J connectivity index is 1.73. The van der Waals surface area contributed by atoms with Crippen molar-refractivity contribution in [3.63, 3.8) is 0 Å². The molecular weight excluding hydrogens is 258 g/mol. The highest BCUT2D eigenvalue weighted by Crippen LogP contribution is 2.35. The lowest BCUT2D eigenvalue weighted by Gasteiger charge is -2.24. The largest absolute Gasteiger partial charge is 0.335 e. The zero-order valence-corrected chi connectivity index (χ0v) is 12.2. The maximum absolute atomic E-state index is 4.76. The maximum Gasteiger partial charge on any atom is 0.204 e. The van der Waals surface area contributed by atoms with Crippen LogP contribution in [0.4, 0.5) is 5.95 Å². The van der Waals surface area contributed by atoms with E-state index in [1.165, 1.54) is 24.0 Å². The molecule has 1 aliphatic heterocycles. The van der Waals surface area contributed by atoms with Gasteiger partial charge in [0.25, 0.3) is 0 Å². The van der Waals surface area contributed by atoms with Gasteiger partial charge in [-0.1, -0.05) is 42.0 Å². The molecular formula is C18H19N3. The van der Waals surface area contributed by atoms with Crippen LogP contribution in [-0.4, -0.2) is 16.5 Å². The van der Waals surface area contributed by atoms with Gasteiger partial charge in [-0.2, -0.15) is 0 Å². The van der Waals surface area contributed by atoms with Crippen LogP contribution >= 0.6 is 0 Å². The van der Waals surface area contributed by atoms with Crippen molar-refractivity contribution in [3.05, 3.63) is 59.7 Å². The zero-order valence-electron chi connectivity index (χ0n) is 12.2. The number of H-pyrrole nitrogens is 1. The van der Waals surface area contributed by atoms with Crippen LogP contribution < -0.4 is 4.90 Å². The minimum absolute atomic E-state index is 0.436. The summed E-state index contributed by atoms with van der Waals surface area (Å²) in [7, 11) is 0. The van der Waals surface area contributed by atoms with Gasteiger partial charge in [-0.15, -0.1) is 0 Å². The summed E-state index contributed by atoms with van der Waals surface area (Å²) in [6.07, 6.45) is 2.41. The fraction of sp³-hybridized carbons (Fsp3) is 0.278. The molecule has 4 rings (SSSR count). The third-order valence-electron chi connectivity index (χ3n) is 4.33. The van der Waals surface area contributed by atoms with E-state index in [0.29, 0.717) is 6.04 Å². The second-order valence-electron chi connectivity index (χ2n) is 5.84. The summed E-state index contributed by atoms with van der Waals surface area (Å²) in [4.78, 5) is 10.6. The fourth-order valence-electron chi connectivity index (χ4n) is 3.32. The SMILES string of the molecule is Cc1cccc(C2CCCN2c2nc3ccccc3[nH]2)c1. The first-order valence-corrected chi connectivity index (χ1v) is 7.59. The number of rotatable bonds is 2. The van der Waals surface area contributed by atoms with Crippen molar-refractivity contribution in [3.8, 4) is 0 Å². The summed E-state index contributed by atoms with van der Waals surface area (Å²) >= 11 is 0. The Morgan fingerprint density at radius 2 is 2.05 bits per heavy atom. The van der Waals surface area contributed by atoms with E-state index in [9.17, 15) is 0 Å². The number of benzene rings is 2. The number of nitrogens with one attached hydrogen (secondary N) is 1. The molecule has 21 heavy (non-hydrogen) atoms. The standard InChI is InChI=1S/C18H19N3/c1-13-6-4-7-14(12-13)17-10-5-11-21(17)18-19-15-8-2-3-9-16(15)20-18/h2-4,6-9,12,17H,5,10-11H2,1H3,(H,19,20). The van der Waals surface area contributed by atoms with E-state index < -0.39 is 0 Å². The molecule has 0 radical (unpaired) electrons. The topological polar surface area (TPSA) is 31.9 Å². The fourth-order valence-corrected chi connectivity index (χ4v) is 3.32. The summed E-state index contributed by atoms with van der Waals surface area (Å²) in [5.41, 5.74) is 4.88. The van der Waals surface area contributed by atoms with Gasteiger partial charge in [0.1, 0.15) is 0 Å². The molecule has 1 unspecified atom stereocenters. The molecule has 0 spiro atoms. The smallest absolute Gasteiger partial charge is 0.204 e. The van der Waals surface area contributed by atoms with E-state index in [0.717, 1.165) is 23.5 Å². The summed E-state index contributed by atoms with van der Waals surface area (Å²) in [5.74, 6) is 1.00. The van der Waals surface area contributed by atoms with E-state index in [1.807, 2.05) is 12.1 Å². The molecule has 3 aromatic rings. The number of aromatic amines is 1. The van der Waals surface area contributed by atoms with E-state index >= 15 is 0 Å². The number of nitrogens with zero attached hydrogens (tertiary/aromatic N) is 2. The quantitative estimate of drug-likeness (QED) is 0.760. The maximum atomic E-state index is 4.76. The molecule has 106 valence electrons. The van der Waals surface area contributed by atoms with Crippen molar-refractivity contribution in [2.75, 3.05) is 11.4 Å². The van der Waals surface area contributed by atoms with Gasteiger partial charge >= 0.3 is 0 Å². The monoisotopic (exact) mass is 277 g/mol. The van der Waals surface area contributed by atoms with Crippen LogP contribution in [0.3, 0.4) is 0 Å². The second-order valence-corrected chi connectivity index (χ2v) is 5.84. The summed E-state index contributed by atoms with van der Waals surface area (Å²) in [6.45, 7) is 3.22. The highest BCUT2D eigenvalue weighted by atomic mass is 15.3. The van der Waals surface area contributed by atoms with E-state index in [2.05, 4.69) is 53.2 Å². The molecule has 3 heteroatoms. The summed E-state index contributed by atoms with van der Waals surface area (Å²) in [5, 5.41) is 0. The Kier molecular flexibility index (Phi) is 2.92. The summed E-state index contributed by atoms with van der Waals surface area (Å²) < 4.78 is 0. The third kappa shape index (κ3) is 2.19. The minimum Gasteiger partial charge on any atom is -0.335 e. The molecule has 2 aromatic carbocycles. The predicted octanol–water partition coefficient (Wildman–Crippen LogP) is 4.21. The van der Waals surface area contributed by atoms with E-state index in [-0.39, 0.29) is 0 Å². The first-order chi connectivity index (χ1) is 10.3. The van der Waals surface area contributed by atoms with Gasteiger partial charge in [-0.3, -0.25) is 0 Å². The lowest BCUT2D eigenvalue weighted by molar-refractivity contribution is 0.706. The predicted molar refractivity (Wildman–Crippen MR) is 86.6 cm³/mol. The zero-order chi connectivity index (χ0) is 14.2. The number of anilines is 1. The van der Waals surface area contributed by atoms with Gasteiger partial charge < -0.3 is 9.88 Å². The molecule has 0 amide bonds. The molecule has 1 N–H and O–H groups in total. The third-order valence-corrected chi connectivity index (χ3v) is 4.33. The van der Waals surface area contributed by atoms with Crippen LogP contribution in [0, 0.1) is 6.92 Å². The Hall–Kier alpha value is -2.29. The van der Waals surface area contributed by atoms with Gasteiger partial charge in [-0.25, -0.2) is 4.98 Å². The van der Waals surface area contributed by atoms with Crippen molar-refractivity contribution >= 4 is 17.0 Å². The van der Waals surface area contributed by atoms with Crippen LogP contribution in [0.15, 0.2) is 48.5 Å². The number of hydrogen-bond donors (Lipinski definition) is 1. The highest BCUT2D eigenvalue weighted by Gasteiger charge is 2.28. The Labute approximate surface area is 124 Å². The van der Waals surface area contributed by atoms with Gasteiger partial charge in [0.2, 0.25) is 5.95 Å². The average molecular weight is 277 g/mol. The molecule has 2 heterocycles. The Bertz CT molecular complexity index is 742. The Morgan fingerprint density at radius 3 is 2.90 bits per heavy atom. The Morgan fingerprint density at radius 1 is 1.14 bits per heavy atom. The molecule has 1 fully saturated rings. The number of fused-ring (bicyclic) bond motifs is 1. The second kappa shape index (κ2) is 4.92. The first-order valence-electron chi connectivity index (χ1n) is 7.59. The molecule has 1 aliphatic rings. The van der Waals surface area contributed by atoms with Gasteiger partial charge in [0.15, 0.2) is 0 Å². The van der Waals surface area contributed by atoms with E-state index in [4.69, 9.17) is 4.98 Å². The van der Waals surface area contributed by atoms with E-state index in [1.54, 1.807) is 0 Å². The van der Waals surface area contributed by atoms with Gasteiger partial charge in [-0.05, 0) is 37.5 Å². The number of para-hydroxylation sites is 2. The van der Waals surface area contributed by atoms with Crippen molar-refractivity contribution in [2.45, 2.75) is 25.8 Å². The number of aromatic nitrogens is 2. The summed E-state index contributed by atoms with van der Waals surface area (Å²) in [6, 6.07) is 17.5. The molecule has 1 saturated heterocycles. The molecule has 0 saturated carbocycles. The molecule has 1 aromatic heterocycles. The van der Waals surface area contributed by atoms with Crippen LogP contribution in [0.5, 0.6) is 0 Å². The van der Waals surface area contributed by atoms with Gasteiger partial charge in [0, 0.05) is 6.54 Å². The average Bonchev–Trinajstić information content (AvgIpc) is 3.13. The van der Waals surface area contributed by atoms with Crippen molar-refractivity contribution < 1.29 is 0 Å². The van der Waals surface area contributed by atoms with Crippen LogP contribution in [0.1, 0.15) is 30.0 Å². The number of hydrogen-bond acceptors (Lipinski definition) is 2. The van der Waals surface area contributed by atoms with Crippen molar-refractivity contribution in [1.29, 1.82) is 0 Å². The molecule has 0 aliphatic carbocycles. The van der Waals surface area contributed by atoms with Crippen LogP contribution in [-0.2, 0) is 0 Å². The number of imidazole rings is 1. The highest BCUT2D eigenvalue weighted by molar-refractivity contribution is 5.77.